The van der Waals surface area contributed by atoms with Crippen LogP contribution >= 0.6 is 0 Å². The lowest BCUT2D eigenvalue weighted by molar-refractivity contribution is -0.138. The molecule has 0 aliphatic rings. The first-order chi connectivity index (χ1) is 12.1. The van der Waals surface area contributed by atoms with E-state index >= 15 is 0 Å². The zero-order valence-corrected chi connectivity index (χ0v) is 14.3. The summed E-state index contributed by atoms with van der Waals surface area (Å²) in [6, 6.07) is 19.4. The molecule has 2 N–H and O–H groups in total. The first kappa shape index (κ1) is 16.9. The Hall–Kier alpha value is -2.92. The summed E-state index contributed by atoms with van der Waals surface area (Å²) in [5.41, 5.74) is 4.29. The highest BCUT2D eigenvalue weighted by atomic mass is 16.6. The molecule has 0 radical (unpaired) electrons. The van der Waals surface area contributed by atoms with Gasteiger partial charge in [-0.05, 0) is 31.5 Å². The average molecular weight is 335 g/mol. The third-order valence-electron chi connectivity index (χ3n) is 3.89. The molecule has 128 valence electrons. The number of hydrogen-bond donors (Lipinski definition) is 2. The monoisotopic (exact) mass is 335 g/mol. The van der Waals surface area contributed by atoms with Gasteiger partial charge >= 0.3 is 0 Å². The predicted molar refractivity (Wildman–Crippen MR) is 98.8 cm³/mol. The normalized spacial score (nSPS) is 11.3. The van der Waals surface area contributed by atoms with Gasteiger partial charge in [-0.15, -0.1) is 0 Å². The van der Waals surface area contributed by atoms with Gasteiger partial charge in [0, 0.05) is 11.6 Å². The summed E-state index contributed by atoms with van der Waals surface area (Å²) < 4.78 is 0. The van der Waals surface area contributed by atoms with Gasteiger partial charge in [0.25, 0.3) is 5.91 Å². The molecule has 5 nitrogen and oxygen atoms in total. The van der Waals surface area contributed by atoms with E-state index in [9.17, 15) is 4.79 Å². The Balaban J connectivity index is 1.65. The molecule has 0 saturated heterocycles. The highest BCUT2D eigenvalue weighted by Gasteiger charge is 2.28. The Labute approximate surface area is 147 Å². The van der Waals surface area contributed by atoms with E-state index in [0.717, 1.165) is 22.2 Å². The molecule has 1 amide bonds. The van der Waals surface area contributed by atoms with Gasteiger partial charge in [-0.1, -0.05) is 48.5 Å². The zero-order valence-electron chi connectivity index (χ0n) is 14.3. The summed E-state index contributed by atoms with van der Waals surface area (Å²) in [5, 5.41) is 4.27. The molecule has 3 rings (SSSR count). The third kappa shape index (κ3) is 4.14. The number of fused-ring (bicyclic) bond motifs is 1. The van der Waals surface area contributed by atoms with Crippen LogP contribution in [0, 0.1) is 0 Å². The predicted octanol–water partition coefficient (Wildman–Crippen LogP) is 3.67. The fourth-order valence-electron chi connectivity index (χ4n) is 2.49. The number of carbonyl (C=O) groups is 1. The Morgan fingerprint density at radius 2 is 1.80 bits per heavy atom. The lowest BCUT2D eigenvalue weighted by atomic mass is 10.0. The van der Waals surface area contributed by atoms with Crippen LogP contribution in [0.25, 0.3) is 10.9 Å². The van der Waals surface area contributed by atoms with E-state index in [-0.39, 0.29) is 5.91 Å². The molecule has 0 atom stereocenters. The summed E-state index contributed by atoms with van der Waals surface area (Å²) in [5.74, 6) is -0.253. The summed E-state index contributed by atoms with van der Waals surface area (Å²) in [4.78, 5) is 22.2. The van der Waals surface area contributed by atoms with Crippen molar-refractivity contribution in [1.29, 1.82) is 0 Å². The number of nitrogens with zero attached hydrogens (tertiary/aromatic N) is 1. The molecule has 0 bridgehead atoms. The minimum Gasteiger partial charge on any atom is -0.370 e. The number of rotatable bonds is 6. The van der Waals surface area contributed by atoms with Crippen LogP contribution in [-0.4, -0.2) is 16.4 Å². The number of hydroxylamine groups is 1. The molecular formula is C20H21N3O2. The van der Waals surface area contributed by atoms with E-state index in [1.54, 1.807) is 20.0 Å². The second-order valence-electron chi connectivity index (χ2n) is 6.34. The molecule has 0 fully saturated rings. The minimum atomic E-state index is -0.859. The van der Waals surface area contributed by atoms with Crippen molar-refractivity contribution in [2.24, 2.45) is 0 Å². The van der Waals surface area contributed by atoms with Crippen LogP contribution in [-0.2, 0) is 16.2 Å². The SMILES string of the molecule is CC(C)(Nc1cccc2cccnc12)C(=O)NOCc1ccccc1. The van der Waals surface area contributed by atoms with Gasteiger partial charge in [-0.2, -0.15) is 0 Å². The maximum absolute atomic E-state index is 12.5. The van der Waals surface area contributed by atoms with Crippen molar-refractivity contribution in [3.8, 4) is 0 Å². The molecule has 1 heterocycles. The van der Waals surface area contributed by atoms with Gasteiger partial charge in [0.05, 0.1) is 17.8 Å². The number of benzene rings is 2. The standard InChI is InChI=1S/C20H21N3O2/c1-20(2,19(24)23-25-14-15-8-4-3-5-9-15)22-17-12-6-10-16-11-7-13-21-18(16)17/h3-13,22H,14H2,1-2H3,(H,23,24). The molecular weight excluding hydrogens is 314 g/mol. The summed E-state index contributed by atoms with van der Waals surface area (Å²) in [7, 11) is 0. The molecule has 1 aromatic heterocycles. The van der Waals surface area contributed by atoms with Gasteiger partial charge < -0.3 is 5.32 Å². The number of carbonyl (C=O) groups excluding carboxylic acids is 1. The number of nitrogens with one attached hydrogen (secondary N) is 2. The van der Waals surface area contributed by atoms with E-state index in [1.807, 2.05) is 60.7 Å². The first-order valence-corrected chi connectivity index (χ1v) is 8.14. The summed E-state index contributed by atoms with van der Waals surface area (Å²) in [6.45, 7) is 3.92. The second kappa shape index (κ2) is 7.32. The molecule has 0 spiro atoms. The maximum atomic E-state index is 12.5. The van der Waals surface area contributed by atoms with E-state index in [2.05, 4.69) is 15.8 Å². The molecule has 0 aliphatic carbocycles. The molecule has 5 heteroatoms. The van der Waals surface area contributed by atoms with Crippen molar-refractivity contribution in [3.63, 3.8) is 0 Å². The van der Waals surface area contributed by atoms with Crippen LogP contribution in [0.5, 0.6) is 0 Å². The maximum Gasteiger partial charge on any atom is 0.268 e. The van der Waals surface area contributed by atoms with Gasteiger partial charge in [-0.25, -0.2) is 5.48 Å². The van der Waals surface area contributed by atoms with Crippen LogP contribution in [0.2, 0.25) is 0 Å². The topological polar surface area (TPSA) is 63.2 Å². The molecule has 3 aromatic rings. The fourth-order valence-corrected chi connectivity index (χ4v) is 2.49. The van der Waals surface area contributed by atoms with E-state index in [1.165, 1.54) is 0 Å². The van der Waals surface area contributed by atoms with Crippen molar-refractivity contribution in [3.05, 3.63) is 72.4 Å². The highest BCUT2D eigenvalue weighted by Crippen LogP contribution is 2.24. The second-order valence-corrected chi connectivity index (χ2v) is 6.34. The fraction of sp³-hybridized carbons (Fsp3) is 0.200. The van der Waals surface area contributed by atoms with Crippen LogP contribution in [0.4, 0.5) is 5.69 Å². The summed E-state index contributed by atoms with van der Waals surface area (Å²) >= 11 is 0. The van der Waals surface area contributed by atoms with Crippen LogP contribution in [0.1, 0.15) is 19.4 Å². The molecule has 0 aliphatic heterocycles. The van der Waals surface area contributed by atoms with E-state index in [4.69, 9.17) is 4.84 Å². The molecule has 2 aromatic carbocycles. The number of pyridine rings is 1. The van der Waals surface area contributed by atoms with Gasteiger partial charge in [-0.3, -0.25) is 14.6 Å². The van der Waals surface area contributed by atoms with E-state index in [0.29, 0.717) is 6.61 Å². The lowest BCUT2D eigenvalue weighted by Crippen LogP contribution is -2.47. The Morgan fingerprint density at radius 1 is 1.04 bits per heavy atom. The molecule has 0 unspecified atom stereocenters. The van der Waals surface area contributed by atoms with Crippen molar-refractivity contribution >= 4 is 22.5 Å². The number of hydrogen-bond acceptors (Lipinski definition) is 4. The quantitative estimate of drug-likeness (QED) is 0.675. The first-order valence-electron chi connectivity index (χ1n) is 8.14. The third-order valence-corrected chi connectivity index (χ3v) is 3.89. The number of aromatic nitrogens is 1. The Kier molecular flexibility index (Phi) is 4.95. The molecule has 0 saturated carbocycles. The van der Waals surface area contributed by atoms with Crippen molar-refractivity contribution in [2.75, 3.05) is 5.32 Å². The van der Waals surface area contributed by atoms with Gasteiger partial charge in [0.15, 0.2) is 0 Å². The number of para-hydroxylation sites is 1. The largest absolute Gasteiger partial charge is 0.370 e. The van der Waals surface area contributed by atoms with Crippen molar-refractivity contribution in [2.45, 2.75) is 26.0 Å². The van der Waals surface area contributed by atoms with Crippen LogP contribution in [0.3, 0.4) is 0 Å². The average Bonchev–Trinajstić information content (AvgIpc) is 2.62. The van der Waals surface area contributed by atoms with Crippen LogP contribution < -0.4 is 10.8 Å². The van der Waals surface area contributed by atoms with Crippen molar-refractivity contribution in [1.82, 2.24) is 10.5 Å². The van der Waals surface area contributed by atoms with Crippen LogP contribution in [0.15, 0.2) is 66.9 Å². The van der Waals surface area contributed by atoms with Gasteiger partial charge in [0.2, 0.25) is 0 Å². The zero-order chi connectivity index (χ0) is 17.7. The Morgan fingerprint density at radius 3 is 2.60 bits per heavy atom. The van der Waals surface area contributed by atoms with Crippen molar-refractivity contribution < 1.29 is 9.63 Å². The number of amides is 1. The number of anilines is 1. The lowest BCUT2D eigenvalue weighted by Gasteiger charge is -2.26. The smallest absolute Gasteiger partial charge is 0.268 e. The highest BCUT2D eigenvalue weighted by molar-refractivity contribution is 5.94. The molecule has 25 heavy (non-hydrogen) atoms. The van der Waals surface area contributed by atoms with E-state index < -0.39 is 5.54 Å². The van der Waals surface area contributed by atoms with Gasteiger partial charge in [0.1, 0.15) is 5.54 Å². The summed E-state index contributed by atoms with van der Waals surface area (Å²) in [6.07, 6.45) is 1.74. The minimum absolute atomic E-state index is 0.253. The Bertz CT molecular complexity index is 858.